The summed E-state index contributed by atoms with van der Waals surface area (Å²) in [7, 11) is 1.69. The molecule has 1 aromatic heterocycles. The maximum Gasteiger partial charge on any atom is 0.231 e. The number of hydrogen-bond donors (Lipinski definition) is 1. The lowest BCUT2D eigenvalue weighted by atomic mass is 9.69. The molecule has 3 aromatic carbocycles. The Labute approximate surface area is 214 Å². The van der Waals surface area contributed by atoms with E-state index in [9.17, 15) is 4.79 Å². The topological polar surface area (TPSA) is 60.7 Å². The van der Waals surface area contributed by atoms with Crippen LogP contribution < -0.4 is 24.1 Å². The number of pyridine rings is 1. The standard InChI is InChI=1S/C31H28N2O4/c1-35-24-5-4-20-21-2-3-22-26-17(10-25-29(22)37-15-36-25)6-7-33(28(21)26)14-23(20)27(24)32-30(34)31-11-16-8-18(12-31)19(9-16)13-31/h2-5,10,14,16,18-19H,6-9,11-13,15H2,1H3/p+1. The van der Waals surface area contributed by atoms with Gasteiger partial charge in [-0.3, -0.25) is 4.79 Å². The van der Waals surface area contributed by atoms with Crippen LogP contribution in [0.2, 0.25) is 0 Å². The molecule has 37 heavy (non-hydrogen) atoms. The average molecular weight is 494 g/mol. The first-order chi connectivity index (χ1) is 18.1. The molecule has 2 aliphatic heterocycles. The highest BCUT2D eigenvalue weighted by atomic mass is 16.7. The van der Waals surface area contributed by atoms with Crippen LogP contribution in [0.1, 0.15) is 37.7 Å². The van der Waals surface area contributed by atoms with Crippen molar-refractivity contribution in [2.45, 2.75) is 45.1 Å². The number of carbonyl (C=O) groups is 1. The van der Waals surface area contributed by atoms with Gasteiger partial charge in [0.05, 0.1) is 34.4 Å². The Bertz CT molecular complexity index is 1690. The van der Waals surface area contributed by atoms with Gasteiger partial charge in [0.25, 0.3) is 0 Å². The highest BCUT2D eigenvalue weighted by Gasteiger charge is 2.59. The Balaban J connectivity index is 1.24. The van der Waals surface area contributed by atoms with Crippen LogP contribution in [0.3, 0.4) is 0 Å². The van der Waals surface area contributed by atoms with Gasteiger partial charge in [-0.1, -0.05) is 0 Å². The van der Waals surface area contributed by atoms with Crippen molar-refractivity contribution in [2.75, 3.05) is 19.2 Å². The average Bonchev–Trinajstić information content (AvgIpc) is 3.57. The molecule has 0 saturated heterocycles. The lowest BCUT2D eigenvalue weighted by molar-refractivity contribution is -0.670. The van der Waals surface area contributed by atoms with E-state index in [-0.39, 0.29) is 18.1 Å². The number of fused-ring (bicyclic) bond motifs is 4. The Morgan fingerprint density at radius 3 is 2.65 bits per heavy atom. The van der Waals surface area contributed by atoms with Gasteiger partial charge >= 0.3 is 0 Å². The molecule has 6 nitrogen and oxygen atoms in total. The zero-order valence-electron chi connectivity index (χ0n) is 20.9. The highest BCUT2D eigenvalue weighted by molar-refractivity contribution is 6.19. The SMILES string of the molecule is COc1ccc2c(c[n+]3c4c2ccc2c5c(cc(c24)CC3)OCO5)c1NC(=O)C12CC3CC(C1)C(C3)C2. The Kier molecular flexibility index (Phi) is 3.80. The van der Waals surface area contributed by atoms with E-state index in [1.807, 2.05) is 6.07 Å². The highest BCUT2D eigenvalue weighted by Crippen LogP contribution is 2.64. The summed E-state index contributed by atoms with van der Waals surface area (Å²) in [5, 5.41) is 9.12. The number of methoxy groups -OCH3 is 1. The minimum atomic E-state index is -0.199. The van der Waals surface area contributed by atoms with Gasteiger partial charge in [-0.2, -0.15) is 4.57 Å². The third-order valence-corrected chi connectivity index (χ3v) is 10.2. The van der Waals surface area contributed by atoms with Crippen LogP contribution in [-0.4, -0.2) is 19.8 Å². The summed E-state index contributed by atoms with van der Waals surface area (Å²) in [6.07, 6.45) is 8.97. The van der Waals surface area contributed by atoms with Gasteiger partial charge < -0.3 is 19.5 Å². The van der Waals surface area contributed by atoms with Gasteiger partial charge in [-0.15, -0.1) is 0 Å². The van der Waals surface area contributed by atoms with E-state index >= 15 is 0 Å². The summed E-state index contributed by atoms with van der Waals surface area (Å²) in [6.45, 7) is 1.15. The van der Waals surface area contributed by atoms with Crippen LogP contribution in [0.15, 0.2) is 36.5 Å². The lowest BCUT2D eigenvalue weighted by Crippen LogP contribution is -2.40. The van der Waals surface area contributed by atoms with Crippen molar-refractivity contribution in [1.29, 1.82) is 0 Å². The number of aromatic nitrogens is 1. The predicted molar refractivity (Wildman–Crippen MR) is 140 cm³/mol. The van der Waals surface area contributed by atoms with Crippen molar-refractivity contribution in [3.05, 3.63) is 42.1 Å². The first-order valence-electron chi connectivity index (χ1n) is 13.6. The van der Waals surface area contributed by atoms with Crippen LogP contribution in [0, 0.1) is 23.2 Å². The van der Waals surface area contributed by atoms with Gasteiger partial charge in [-0.05, 0) is 85.8 Å². The van der Waals surface area contributed by atoms with Gasteiger partial charge in [0, 0.05) is 17.2 Å². The normalized spacial score (nSPS) is 28.2. The number of ether oxygens (including phenoxy) is 3. The molecule has 1 amide bonds. The number of rotatable bonds is 3. The summed E-state index contributed by atoms with van der Waals surface area (Å²) >= 11 is 0. The number of benzene rings is 3. The van der Waals surface area contributed by atoms with Crippen molar-refractivity contribution >= 4 is 44.0 Å². The minimum Gasteiger partial charge on any atom is -0.495 e. The molecule has 10 rings (SSSR count). The van der Waals surface area contributed by atoms with Crippen molar-refractivity contribution in [3.63, 3.8) is 0 Å². The Morgan fingerprint density at radius 1 is 1.03 bits per heavy atom. The van der Waals surface area contributed by atoms with Crippen molar-refractivity contribution in [1.82, 2.24) is 0 Å². The van der Waals surface area contributed by atoms with Gasteiger partial charge in [0.15, 0.2) is 24.2 Å². The molecule has 6 heteroatoms. The molecule has 4 saturated carbocycles. The molecule has 4 bridgehead atoms. The molecular weight excluding hydrogens is 464 g/mol. The van der Waals surface area contributed by atoms with E-state index in [0.717, 1.165) is 89.1 Å². The van der Waals surface area contributed by atoms with E-state index in [0.29, 0.717) is 0 Å². The molecule has 4 aliphatic carbocycles. The maximum absolute atomic E-state index is 13.9. The number of nitrogens with zero attached hydrogens (tertiary/aromatic N) is 1. The zero-order valence-corrected chi connectivity index (χ0v) is 20.9. The minimum absolute atomic E-state index is 0.197. The summed E-state index contributed by atoms with van der Waals surface area (Å²) in [5.41, 5.74) is 3.13. The van der Waals surface area contributed by atoms with Crippen molar-refractivity contribution < 1.29 is 23.6 Å². The number of anilines is 1. The van der Waals surface area contributed by atoms with Crippen LogP contribution >= 0.6 is 0 Å². The number of amides is 1. The first-order valence-corrected chi connectivity index (χ1v) is 13.6. The van der Waals surface area contributed by atoms with Crippen LogP contribution in [0.4, 0.5) is 5.69 Å². The number of nitrogens with one attached hydrogen (secondary N) is 1. The maximum atomic E-state index is 13.9. The second-order valence-corrected chi connectivity index (χ2v) is 12.0. The molecule has 0 radical (unpaired) electrons. The van der Waals surface area contributed by atoms with Crippen LogP contribution in [0.5, 0.6) is 17.2 Å². The van der Waals surface area contributed by atoms with Crippen molar-refractivity contribution in [2.24, 2.45) is 23.2 Å². The molecule has 2 atom stereocenters. The molecule has 4 aromatic rings. The van der Waals surface area contributed by atoms with E-state index in [1.54, 1.807) is 7.11 Å². The first kappa shape index (κ1) is 20.5. The fourth-order valence-corrected chi connectivity index (χ4v) is 8.89. The second-order valence-electron chi connectivity index (χ2n) is 12.0. The third kappa shape index (κ3) is 2.56. The fourth-order valence-electron chi connectivity index (χ4n) is 8.89. The summed E-state index contributed by atoms with van der Waals surface area (Å²) in [6, 6.07) is 10.7. The van der Waals surface area contributed by atoms with E-state index < -0.39 is 0 Å². The predicted octanol–water partition coefficient (Wildman–Crippen LogP) is 5.49. The van der Waals surface area contributed by atoms with Crippen molar-refractivity contribution in [3.8, 4) is 17.2 Å². The quantitative estimate of drug-likeness (QED) is 0.303. The molecule has 4 fully saturated rings. The Morgan fingerprint density at radius 2 is 1.84 bits per heavy atom. The summed E-state index contributed by atoms with van der Waals surface area (Å²) in [5.74, 6) is 4.85. The smallest absolute Gasteiger partial charge is 0.231 e. The third-order valence-electron chi connectivity index (χ3n) is 10.2. The van der Waals surface area contributed by atoms with Gasteiger partial charge in [0.1, 0.15) is 5.75 Å². The monoisotopic (exact) mass is 493 g/mol. The van der Waals surface area contributed by atoms with Gasteiger partial charge in [-0.25, -0.2) is 0 Å². The largest absolute Gasteiger partial charge is 0.495 e. The second kappa shape index (κ2) is 6.85. The molecular formula is C31H29N2O4+. The Hall–Kier alpha value is -3.54. The molecule has 6 aliphatic rings. The van der Waals surface area contributed by atoms with E-state index in [1.165, 1.54) is 34.7 Å². The molecule has 1 N–H and O–H groups in total. The lowest BCUT2D eigenvalue weighted by Gasteiger charge is -2.37. The summed E-state index contributed by atoms with van der Waals surface area (Å²) < 4.78 is 19.7. The molecule has 3 heterocycles. The number of hydrogen-bond acceptors (Lipinski definition) is 4. The number of carbonyl (C=O) groups excluding carboxylic acids is 1. The molecule has 186 valence electrons. The summed E-state index contributed by atoms with van der Waals surface area (Å²) in [4.78, 5) is 13.9. The van der Waals surface area contributed by atoms with Crippen LogP contribution in [0.25, 0.3) is 32.4 Å². The zero-order chi connectivity index (χ0) is 24.5. The van der Waals surface area contributed by atoms with Crippen LogP contribution in [-0.2, 0) is 17.8 Å². The van der Waals surface area contributed by atoms with Gasteiger partial charge in [0.2, 0.25) is 18.2 Å². The number of aryl methyl sites for hydroxylation is 2. The van der Waals surface area contributed by atoms with E-state index in [4.69, 9.17) is 14.2 Å². The fraction of sp³-hybridized carbons (Fsp3) is 0.419. The van der Waals surface area contributed by atoms with E-state index in [2.05, 4.69) is 40.3 Å². The molecule has 2 unspecified atom stereocenters. The molecule has 0 spiro atoms.